The number of amides is 1. The van der Waals surface area contributed by atoms with E-state index in [2.05, 4.69) is 10.3 Å². The Morgan fingerprint density at radius 1 is 1.28 bits per heavy atom. The average Bonchev–Trinajstić information content (AvgIpc) is 2.84. The van der Waals surface area contributed by atoms with Crippen molar-refractivity contribution in [2.24, 2.45) is 0 Å². The number of aromatic nitrogens is 1. The van der Waals surface area contributed by atoms with Crippen molar-refractivity contribution in [3.63, 3.8) is 0 Å². The lowest BCUT2D eigenvalue weighted by Gasteiger charge is -2.23. The SMILES string of the molecule is COCCCNC(=O)CN(C)C(C)C(=O)c1[nH]c(C)c(C(C)=O)c1C. The van der Waals surface area contributed by atoms with Crippen LogP contribution in [0.4, 0.5) is 0 Å². The average molecular weight is 351 g/mol. The molecule has 1 heterocycles. The highest BCUT2D eigenvalue weighted by atomic mass is 16.5. The van der Waals surface area contributed by atoms with Gasteiger partial charge in [0.25, 0.3) is 0 Å². The minimum atomic E-state index is -0.485. The Bertz CT molecular complexity index is 637. The summed E-state index contributed by atoms with van der Waals surface area (Å²) in [6.45, 7) is 8.04. The van der Waals surface area contributed by atoms with Crippen LogP contribution in [0.1, 0.15) is 52.4 Å². The van der Waals surface area contributed by atoms with Crippen LogP contribution in [0.15, 0.2) is 0 Å². The lowest BCUT2D eigenvalue weighted by Crippen LogP contribution is -2.43. The number of ether oxygens (including phenoxy) is 1. The smallest absolute Gasteiger partial charge is 0.234 e. The van der Waals surface area contributed by atoms with E-state index in [-0.39, 0.29) is 24.0 Å². The topological polar surface area (TPSA) is 91.5 Å². The Morgan fingerprint density at radius 3 is 2.44 bits per heavy atom. The van der Waals surface area contributed by atoms with E-state index >= 15 is 0 Å². The van der Waals surface area contributed by atoms with Crippen LogP contribution < -0.4 is 5.32 Å². The molecule has 1 aromatic rings. The molecule has 1 unspecified atom stereocenters. The van der Waals surface area contributed by atoms with Crippen molar-refractivity contribution >= 4 is 17.5 Å². The predicted octanol–water partition coefficient (Wildman–Crippen LogP) is 1.49. The summed E-state index contributed by atoms with van der Waals surface area (Å²) < 4.78 is 4.93. The van der Waals surface area contributed by atoms with Gasteiger partial charge in [0.15, 0.2) is 11.6 Å². The third-order valence-corrected chi connectivity index (χ3v) is 4.32. The summed E-state index contributed by atoms with van der Waals surface area (Å²) in [4.78, 5) is 41.1. The standard InChI is InChI=1S/C18H29N3O4/c1-11-16(14(4)22)12(2)20-17(11)18(24)13(3)21(5)10-15(23)19-8-7-9-25-6/h13,20H,7-10H2,1-6H3,(H,19,23). The maximum atomic E-state index is 12.7. The number of rotatable bonds is 10. The van der Waals surface area contributed by atoms with Crippen LogP contribution in [-0.2, 0) is 9.53 Å². The lowest BCUT2D eigenvalue weighted by molar-refractivity contribution is -0.122. The number of nitrogens with zero attached hydrogens (tertiary/aromatic N) is 1. The highest BCUT2D eigenvalue weighted by Gasteiger charge is 2.26. The van der Waals surface area contributed by atoms with Gasteiger partial charge in [-0.1, -0.05) is 0 Å². The van der Waals surface area contributed by atoms with Gasteiger partial charge in [-0.25, -0.2) is 0 Å². The molecule has 0 saturated heterocycles. The maximum Gasteiger partial charge on any atom is 0.234 e. The van der Waals surface area contributed by atoms with Crippen LogP contribution >= 0.6 is 0 Å². The van der Waals surface area contributed by atoms with Gasteiger partial charge in [0.05, 0.1) is 18.3 Å². The Kier molecular flexibility index (Phi) is 7.99. The van der Waals surface area contributed by atoms with Crippen molar-refractivity contribution in [3.05, 3.63) is 22.5 Å². The number of carbonyl (C=O) groups is 3. The fourth-order valence-corrected chi connectivity index (χ4v) is 2.80. The number of ketones is 2. The molecule has 2 N–H and O–H groups in total. The third-order valence-electron chi connectivity index (χ3n) is 4.32. The van der Waals surface area contributed by atoms with Gasteiger partial charge in [0.2, 0.25) is 5.91 Å². The fraction of sp³-hybridized carbons (Fsp3) is 0.611. The van der Waals surface area contributed by atoms with Crippen molar-refractivity contribution in [2.75, 3.05) is 33.9 Å². The van der Waals surface area contributed by atoms with Crippen molar-refractivity contribution in [2.45, 2.75) is 40.2 Å². The number of Topliss-reactive ketones (excluding diaryl/α,β-unsaturated/α-hetero) is 2. The van der Waals surface area contributed by atoms with E-state index in [0.717, 1.165) is 6.42 Å². The second kappa shape index (κ2) is 9.48. The van der Waals surface area contributed by atoms with Gasteiger partial charge < -0.3 is 15.0 Å². The van der Waals surface area contributed by atoms with E-state index in [4.69, 9.17) is 4.74 Å². The zero-order valence-corrected chi connectivity index (χ0v) is 16.0. The van der Waals surface area contributed by atoms with E-state index in [1.54, 1.807) is 39.8 Å². The molecule has 0 aromatic carbocycles. The molecule has 0 aliphatic heterocycles. The lowest BCUT2D eigenvalue weighted by atomic mass is 10.0. The van der Waals surface area contributed by atoms with Gasteiger partial charge in [-0.15, -0.1) is 0 Å². The molecule has 1 amide bonds. The van der Waals surface area contributed by atoms with Gasteiger partial charge in [-0.3, -0.25) is 19.3 Å². The van der Waals surface area contributed by atoms with Gasteiger partial charge in [0.1, 0.15) is 0 Å². The zero-order valence-electron chi connectivity index (χ0n) is 16.0. The van der Waals surface area contributed by atoms with Crippen LogP contribution in [0.3, 0.4) is 0 Å². The van der Waals surface area contributed by atoms with Crippen molar-refractivity contribution < 1.29 is 19.1 Å². The van der Waals surface area contributed by atoms with Crippen molar-refractivity contribution in [3.8, 4) is 0 Å². The Hall–Kier alpha value is -1.99. The second-order valence-corrected chi connectivity index (χ2v) is 6.33. The first-order valence-corrected chi connectivity index (χ1v) is 8.40. The van der Waals surface area contributed by atoms with E-state index in [0.29, 0.717) is 35.7 Å². The van der Waals surface area contributed by atoms with Crippen molar-refractivity contribution in [1.29, 1.82) is 0 Å². The number of likely N-dealkylation sites (N-methyl/N-ethyl adjacent to an activating group) is 1. The summed E-state index contributed by atoms with van der Waals surface area (Å²) >= 11 is 0. The predicted molar refractivity (Wildman–Crippen MR) is 96.2 cm³/mol. The highest BCUT2D eigenvalue weighted by molar-refractivity contribution is 6.05. The van der Waals surface area contributed by atoms with Crippen LogP contribution in [0.5, 0.6) is 0 Å². The first kappa shape index (κ1) is 21.1. The number of methoxy groups -OCH3 is 1. The number of hydrogen-bond acceptors (Lipinski definition) is 5. The second-order valence-electron chi connectivity index (χ2n) is 6.33. The molecule has 0 aliphatic rings. The molecule has 0 bridgehead atoms. The first-order valence-electron chi connectivity index (χ1n) is 8.40. The van der Waals surface area contributed by atoms with Crippen LogP contribution in [0.25, 0.3) is 0 Å². The summed E-state index contributed by atoms with van der Waals surface area (Å²) in [5, 5.41) is 2.80. The molecule has 1 rings (SSSR count). The fourth-order valence-electron chi connectivity index (χ4n) is 2.80. The third kappa shape index (κ3) is 5.51. The van der Waals surface area contributed by atoms with Gasteiger partial charge in [-0.05, 0) is 46.7 Å². The molecule has 7 heteroatoms. The molecule has 0 saturated carbocycles. The molecular weight excluding hydrogens is 322 g/mol. The molecule has 1 atom stereocenters. The maximum absolute atomic E-state index is 12.7. The largest absolute Gasteiger partial charge is 0.385 e. The van der Waals surface area contributed by atoms with Crippen LogP contribution in [-0.4, -0.2) is 67.3 Å². The quantitative estimate of drug-likeness (QED) is 0.492. The van der Waals surface area contributed by atoms with E-state index in [1.165, 1.54) is 6.92 Å². The number of H-pyrrole nitrogens is 1. The zero-order chi connectivity index (χ0) is 19.1. The molecule has 0 spiro atoms. The summed E-state index contributed by atoms with van der Waals surface area (Å²) in [5.41, 5.74) is 2.36. The monoisotopic (exact) mass is 351 g/mol. The highest BCUT2D eigenvalue weighted by Crippen LogP contribution is 2.20. The van der Waals surface area contributed by atoms with Crippen molar-refractivity contribution in [1.82, 2.24) is 15.2 Å². The summed E-state index contributed by atoms with van der Waals surface area (Å²) in [6.07, 6.45) is 0.745. The number of aromatic amines is 1. The molecule has 7 nitrogen and oxygen atoms in total. The summed E-state index contributed by atoms with van der Waals surface area (Å²) in [7, 11) is 3.35. The number of carbonyl (C=O) groups excluding carboxylic acids is 3. The normalized spacial score (nSPS) is 12.3. The van der Waals surface area contributed by atoms with E-state index in [1.807, 2.05) is 0 Å². The van der Waals surface area contributed by atoms with Crippen LogP contribution in [0, 0.1) is 13.8 Å². The van der Waals surface area contributed by atoms with E-state index < -0.39 is 6.04 Å². The minimum Gasteiger partial charge on any atom is -0.385 e. The molecular formula is C18H29N3O4. The summed E-state index contributed by atoms with van der Waals surface area (Å²) in [5.74, 6) is -0.341. The molecule has 1 aromatic heterocycles. The Labute approximate surface area is 149 Å². The van der Waals surface area contributed by atoms with E-state index in [9.17, 15) is 14.4 Å². The molecule has 0 fully saturated rings. The van der Waals surface area contributed by atoms with Gasteiger partial charge in [0, 0.05) is 31.5 Å². The first-order chi connectivity index (χ1) is 11.7. The van der Waals surface area contributed by atoms with Gasteiger partial charge >= 0.3 is 0 Å². The molecule has 25 heavy (non-hydrogen) atoms. The number of hydrogen-bond donors (Lipinski definition) is 2. The molecule has 140 valence electrons. The number of nitrogens with one attached hydrogen (secondary N) is 2. The summed E-state index contributed by atoms with van der Waals surface area (Å²) in [6, 6.07) is -0.485. The Balaban J connectivity index is 2.71. The Morgan fingerprint density at radius 2 is 1.92 bits per heavy atom. The van der Waals surface area contributed by atoms with Gasteiger partial charge in [-0.2, -0.15) is 0 Å². The molecule has 0 radical (unpaired) electrons. The molecule has 0 aliphatic carbocycles. The van der Waals surface area contributed by atoms with Crippen LogP contribution in [0.2, 0.25) is 0 Å². The number of aryl methyl sites for hydroxylation is 1. The minimum absolute atomic E-state index is 0.0678.